The van der Waals surface area contributed by atoms with E-state index >= 15 is 0 Å². The largest absolute Gasteiger partial charge is 0.494 e. The molecule has 0 bridgehead atoms. The SMILES string of the molecule is CCOc1ccccc1CCC(=O)N(C)Cc1ccc(C#N)cc1. The minimum Gasteiger partial charge on any atom is -0.494 e. The van der Waals surface area contributed by atoms with Gasteiger partial charge in [0.05, 0.1) is 18.2 Å². The van der Waals surface area contributed by atoms with Crippen LogP contribution in [0.1, 0.15) is 30.0 Å². The third-order valence-electron chi connectivity index (χ3n) is 3.81. The summed E-state index contributed by atoms with van der Waals surface area (Å²) in [6.45, 7) is 3.11. The van der Waals surface area contributed by atoms with Crippen molar-refractivity contribution in [3.8, 4) is 11.8 Å². The molecule has 0 fully saturated rings. The first-order valence-electron chi connectivity index (χ1n) is 8.07. The first kappa shape index (κ1) is 17.6. The van der Waals surface area contributed by atoms with Crippen LogP contribution in [0.25, 0.3) is 0 Å². The Bertz CT molecular complexity index is 717. The Morgan fingerprint density at radius 3 is 2.54 bits per heavy atom. The van der Waals surface area contributed by atoms with Gasteiger partial charge >= 0.3 is 0 Å². The van der Waals surface area contributed by atoms with Crippen LogP contribution in [0.4, 0.5) is 0 Å². The zero-order valence-corrected chi connectivity index (χ0v) is 14.2. The summed E-state index contributed by atoms with van der Waals surface area (Å²) >= 11 is 0. The van der Waals surface area contributed by atoms with Crippen molar-refractivity contribution in [2.24, 2.45) is 0 Å². The number of rotatable bonds is 7. The van der Waals surface area contributed by atoms with Crippen molar-refractivity contribution >= 4 is 5.91 Å². The van der Waals surface area contributed by atoms with Gasteiger partial charge in [-0.05, 0) is 42.7 Å². The first-order valence-corrected chi connectivity index (χ1v) is 8.07. The van der Waals surface area contributed by atoms with E-state index in [0.717, 1.165) is 16.9 Å². The Hall–Kier alpha value is -2.80. The summed E-state index contributed by atoms with van der Waals surface area (Å²) < 4.78 is 5.60. The molecule has 0 atom stereocenters. The zero-order chi connectivity index (χ0) is 17.4. The van der Waals surface area contributed by atoms with E-state index in [1.165, 1.54) is 0 Å². The Kier molecular flexibility index (Phi) is 6.39. The molecule has 0 radical (unpaired) electrons. The lowest BCUT2D eigenvalue weighted by atomic mass is 10.1. The number of para-hydroxylation sites is 1. The molecule has 1 amide bonds. The fourth-order valence-corrected chi connectivity index (χ4v) is 2.49. The van der Waals surface area contributed by atoms with Crippen LogP contribution in [0.5, 0.6) is 5.75 Å². The molecule has 0 N–H and O–H groups in total. The monoisotopic (exact) mass is 322 g/mol. The van der Waals surface area contributed by atoms with Crippen molar-refractivity contribution in [2.75, 3.05) is 13.7 Å². The van der Waals surface area contributed by atoms with Gasteiger partial charge in [-0.2, -0.15) is 5.26 Å². The lowest BCUT2D eigenvalue weighted by molar-refractivity contribution is -0.130. The topological polar surface area (TPSA) is 53.3 Å². The number of hydrogen-bond donors (Lipinski definition) is 0. The molecule has 24 heavy (non-hydrogen) atoms. The van der Waals surface area contributed by atoms with Gasteiger partial charge in [0.1, 0.15) is 5.75 Å². The van der Waals surface area contributed by atoms with Crippen LogP contribution in [0.15, 0.2) is 48.5 Å². The van der Waals surface area contributed by atoms with Gasteiger partial charge in [0.25, 0.3) is 0 Å². The van der Waals surface area contributed by atoms with Crippen LogP contribution in [0.3, 0.4) is 0 Å². The third kappa shape index (κ3) is 4.85. The van der Waals surface area contributed by atoms with E-state index in [2.05, 4.69) is 6.07 Å². The maximum absolute atomic E-state index is 12.3. The zero-order valence-electron chi connectivity index (χ0n) is 14.2. The number of ether oxygens (including phenoxy) is 1. The van der Waals surface area contributed by atoms with Gasteiger partial charge in [0, 0.05) is 20.0 Å². The normalized spacial score (nSPS) is 10.0. The van der Waals surface area contributed by atoms with Crippen LogP contribution in [0.2, 0.25) is 0 Å². The average Bonchev–Trinajstić information content (AvgIpc) is 2.61. The number of carbonyl (C=O) groups excluding carboxylic acids is 1. The lowest BCUT2D eigenvalue weighted by Crippen LogP contribution is -2.26. The van der Waals surface area contributed by atoms with E-state index in [0.29, 0.717) is 31.6 Å². The molecule has 0 aliphatic carbocycles. The molecule has 0 heterocycles. The molecule has 4 nitrogen and oxygen atoms in total. The molecule has 0 unspecified atom stereocenters. The summed E-state index contributed by atoms with van der Waals surface area (Å²) in [7, 11) is 1.80. The second kappa shape index (κ2) is 8.73. The molecule has 0 saturated heterocycles. The summed E-state index contributed by atoms with van der Waals surface area (Å²) in [6.07, 6.45) is 1.10. The predicted octanol–water partition coefficient (Wildman–Crippen LogP) is 3.55. The predicted molar refractivity (Wildman–Crippen MR) is 93.6 cm³/mol. The molecule has 0 aliphatic heterocycles. The Morgan fingerprint density at radius 2 is 1.88 bits per heavy atom. The Balaban J connectivity index is 1.91. The Labute approximate surface area is 143 Å². The molecule has 0 aromatic heterocycles. The van der Waals surface area contributed by atoms with Crippen molar-refractivity contribution in [1.82, 2.24) is 4.90 Å². The second-order valence-electron chi connectivity index (χ2n) is 5.60. The minimum atomic E-state index is 0.0886. The van der Waals surface area contributed by atoms with E-state index < -0.39 is 0 Å². The highest BCUT2D eigenvalue weighted by atomic mass is 16.5. The fraction of sp³-hybridized carbons (Fsp3) is 0.300. The highest BCUT2D eigenvalue weighted by molar-refractivity contribution is 5.76. The standard InChI is InChI=1S/C20H22N2O2/c1-3-24-19-7-5-4-6-18(19)12-13-20(23)22(2)15-17-10-8-16(14-21)9-11-17/h4-11H,3,12-13,15H2,1-2H3. The van der Waals surface area contributed by atoms with Gasteiger partial charge in [-0.1, -0.05) is 30.3 Å². The first-order chi connectivity index (χ1) is 11.6. The van der Waals surface area contributed by atoms with E-state index in [9.17, 15) is 4.79 Å². The maximum atomic E-state index is 12.3. The molecule has 2 aromatic rings. The van der Waals surface area contributed by atoms with E-state index in [-0.39, 0.29) is 5.91 Å². The minimum absolute atomic E-state index is 0.0886. The van der Waals surface area contributed by atoms with E-state index in [1.54, 1.807) is 24.1 Å². The molecular formula is C20H22N2O2. The van der Waals surface area contributed by atoms with Crippen LogP contribution < -0.4 is 4.74 Å². The van der Waals surface area contributed by atoms with E-state index in [1.807, 2.05) is 43.3 Å². The van der Waals surface area contributed by atoms with Gasteiger partial charge in [-0.15, -0.1) is 0 Å². The summed E-state index contributed by atoms with van der Waals surface area (Å²) in [5.41, 5.74) is 2.69. The smallest absolute Gasteiger partial charge is 0.222 e. The number of amides is 1. The lowest BCUT2D eigenvalue weighted by Gasteiger charge is -2.18. The number of nitrogens with zero attached hydrogens (tertiary/aromatic N) is 2. The molecule has 4 heteroatoms. The van der Waals surface area contributed by atoms with Crippen LogP contribution in [-0.4, -0.2) is 24.5 Å². The number of aryl methyl sites for hydroxylation is 1. The molecular weight excluding hydrogens is 300 g/mol. The molecule has 0 aliphatic rings. The number of nitriles is 1. The highest BCUT2D eigenvalue weighted by Crippen LogP contribution is 2.20. The summed E-state index contributed by atoms with van der Waals surface area (Å²) in [5.74, 6) is 0.938. The van der Waals surface area contributed by atoms with Crippen LogP contribution >= 0.6 is 0 Å². The number of carbonyl (C=O) groups is 1. The molecule has 2 aromatic carbocycles. The summed E-state index contributed by atoms with van der Waals surface area (Å²) in [4.78, 5) is 14.1. The number of hydrogen-bond acceptors (Lipinski definition) is 3. The van der Waals surface area contributed by atoms with Crippen molar-refractivity contribution in [3.05, 3.63) is 65.2 Å². The third-order valence-corrected chi connectivity index (χ3v) is 3.81. The van der Waals surface area contributed by atoms with Crippen molar-refractivity contribution in [3.63, 3.8) is 0 Å². The van der Waals surface area contributed by atoms with Gasteiger partial charge in [0.2, 0.25) is 5.91 Å². The van der Waals surface area contributed by atoms with Gasteiger partial charge in [0.15, 0.2) is 0 Å². The average molecular weight is 322 g/mol. The van der Waals surface area contributed by atoms with Crippen LogP contribution in [0, 0.1) is 11.3 Å². The van der Waals surface area contributed by atoms with Crippen molar-refractivity contribution in [1.29, 1.82) is 5.26 Å². The Morgan fingerprint density at radius 1 is 1.17 bits per heavy atom. The van der Waals surface area contributed by atoms with Gasteiger partial charge in [-0.25, -0.2) is 0 Å². The van der Waals surface area contributed by atoms with Gasteiger partial charge in [-0.3, -0.25) is 4.79 Å². The second-order valence-corrected chi connectivity index (χ2v) is 5.60. The summed E-state index contributed by atoms with van der Waals surface area (Å²) in [6, 6.07) is 17.2. The van der Waals surface area contributed by atoms with E-state index in [4.69, 9.17) is 10.00 Å². The molecule has 0 saturated carbocycles. The number of benzene rings is 2. The quantitative estimate of drug-likeness (QED) is 0.783. The molecule has 2 rings (SSSR count). The highest BCUT2D eigenvalue weighted by Gasteiger charge is 2.11. The van der Waals surface area contributed by atoms with Crippen molar-refractivity contribution in [2.45, 2.75) is 26.3 Å². The molecule has 0 spiro atoms. The van der Waals surface area contributed by atoms with Crippen LogP contribution in [-0.2, 0) is 17.8 Å². The van der Waals surface area contributed by atoms with Crippen molar-refractivity contribution < 1.29 is 9.53 Å². The molecule has 124 valence electrons. The summed E-state index contributed by atoms with van der Waals surface area (Å²) in [5, 5.41) is 8.81. The maximum Gasteiger partial charge on any atom is 0.222 e. The fourth-order valence-electron chi connectivity index (χ4n) is 2.49. The van der Waals surface area contributed by atoms with Gasteiger partial charge < -0.3 is 9.64 Å².